The van der Waals surface area contributed by atoms with Crippen LogP contribution in [-0.4, -0.2) is 13.0 Å². The van der Waals surface area contributed by atoms with E-state index in [0.29, 0.717) is 5.56 Å². The Kier molecular flexibility index (Phi) is 3.69. The molecule has 3 rings (SSSR count). The van der Waals surface area contributed by atoms with Crippen LogP contribution in [0.3, 0.4) is 0 Å². The number of rotatable bonds is 3. The molecule has 1 aromatic heterocycles. The molecule has 4 nitrogen and oxygen atoms in total. The average molecular weight is 284 g/mol. The molecule has 0 spiro atoms. The van der Waals surface area contributed by atoms with E-state index in [2.05, 4.69) is 17.6 Å². The summed E-state index contributed by atoms with van der Waals surface area (Å²) in [6.07, 6.45) is 4.97. The second-order valence-electron chi connectivity index (χ2n) is 5.50. The van der Waals surface area contributed by atoms with Gasteiger partial charge in [0, 0.05) is 30.3 Å². The van der Waals surface area contributed by atoms with E-state index >= 15 is 0 Å². The van der Waals surface area contributed by atoms with Crippen LogP contribution in [0.5, 0.6) is 0 Å². The lowest BCUT2D eigenvalue weighted by molar-refractivity contribution is 0.0963. The van der Waals surface area contributed by atoms with Crippen molar-refractivity contribution in [1.82, 2.24) is 5.32 Å². The second kappa shape index (κ2) is 5.64. The predicted octanol–water partition coefficient (Wildman–Crippen LogP) is 3.44. The highest BCUT2D eigenvalue weighted by Crippen LogP contribution is 2.34. The third kappa shape index (κ3) is 2.66. The highest BCUT2D eigenvalue weighted by molar-refractivity contribution is 5.95. The summed E-state index contributed by atoms with van der Waals surface area (Å²) in [4.78, 5) is 11.8. The van der Waals surface area contributed by atoms with Gasteiger partial charge in [0.1, 0.15) is 5.76 Å². The highest BCUT2D eigenvalue weighted by Gasteiger charge is 2.23. The molecule has 1 aliphatic rings. The molecule has 1 unspecified atom stereocenters. The molecule has 1 aliphatic carbocycles. The Morgan fingerprint density at radius 2 is 2.19 bits per heavy atom. The maximum absolute atomic E-state index is 11.8. The molecule has 110 valence electrons. The number of carbonyl (C=O) groups excluding carboxylic acids is 1. The molecule has 0 saturated carbocycles. The van der Waals surface area contributed by atoms with E-state index in [1.807, 2.05) is 24.3 Å². The number of aryl methyl sites for hydroxylation is 2. The number of hydrogen-bond acceptors (Lipinski definition) is 3. The van der Waals surface area contributed by atoms with E-state index in [4.69, 9.17) is 4.42 Å². The largest absolute Gasteiger partial charge is 0.469 e. The number of nitrogens with one attached hydrogen (secondary N) is 2. The Hall–Kier alpha value is -2.23. The van der Waals surface area contributed by atoms with Gasteiger partial charge in [0.15, 0.2) is 0 Å². The number of hydrogen-bond donors (Lipinski definition) is 2. The maximum Gasteiger partial charge on any atom is 0.251 e. The Morgan fingerprint density at radius 3 is 3.00 bits per heavy atom. The lowest BCUT2D eigenvalue weighted by Crippen LogP contribution is -2.19. The lowest BCUT2D eigenvalue weighted by Gasteiger charge is -2.25. The van der Waals surface area contributed by atoms with Crippen LogP contribution in [0, 0.1) is 6.92 Å². The minimum atomic E-state index is -0.0642. The number of fused-ring (bicyclic) bond motifs is 1. The van der Waals surface area contributed by atoms with Crippen LogP contribution >= 0.6 is 0 Å². The van der Waals surface area contributed by atoms with Crippen molar-refractivity contribution >= 4 is 11.6 Å². The van der Waals surface area contributed by atoms with E-state index in [1.54, 1.807) is 13.3 Å². The summed E-state index contributed by atoms with van der Waals surface area (Å²) in [5.41, 5.74) is 4.06. The monoisotopic (exact) mass is 284 g/mol. The molecule has 0 saturated heterocycles. The summed E-state index contributed by atoms with van der Waals surface area (Å²) in [6, 6.07) is 8.05. The fourth-order valence-corrected chi connectivity index (χ4v) is 2.89. The molecule has 1 aromatic carbocycles. The van der Waals surface area contributed by atoms with Crippen molar-refractivity contribution in [2.75, 3.05) is 12.4 Å². The van der Waals surface area contributed by atoms with Gasteiger partial charge >= 0.3 is 0 Å². The van der Waals surface area contributed by atoms with E-state index in [0.717, 1.165) is 36.3 Å². The summed E-state index contributed by atoms with van der Waals surface area (Å²) in [5, 5.41) is 6.23. The summed E-state index contributed by atoms with van der Waals surface area (Å²) >= 11 is 0. The number of anilines is 1. The number of amides is 1. The molecule has 21 heavy (non-hydrogen) atoms. The number of furan rings is 1. The third-order valence-corrected chi connectivity index (χ3v) is 4.11. The fourth-order valence-electron chi connectivity index (χ4n) is 2.89. The quantitative estimate of drug-likeness (QED) is 0.907. The number of carbonyl (C=O) groups is 1. The minimum absolute atomic E-state index is 0.0642. The topological polar surface area (TPSA) is 54.3 Å². The van der Waals surface area contributed by atoms with Crippen LogP contribution in [-0.2, 0) is 6.42 Å². The molecule has 0 bridgehead atoms. The lowest BCUT2D eigenvalue weighted by atomic mass is 9.93. The van der Waals surface area contributed by atoms with Crippen molar-refractivity contribution in [2.45, 2.75) is 32.2 Å². The Bertz CT molecular complexity index is 661. The van der Waals surface area contributed by atoms with Crippen LogP contribution in [0.15, 0.2) is 34.9 Å². The van der Waals surface area contributed by atoms with Gasteiger partial charge in [0.2, 0.25) is 0 Å². The Morgan fingerprint density at radius 1 is 1.33 bits per heavy atom. The van der Waals surface area contributed by atoms with E-state index in [1.165, 1.54) is 5.56 Å². The molecule has 1 atom stereocenters. The van der Waals surface area contributed by atoms with Crippen molar-refractivity contribution in [3.05, 3.63) is 53.0 Å². The zero-order chi connectivity index (χ0) is 14.8. The van der Waals surface area contributed by atoms with Crippen LogP contribution in [0.1, 0.15) is 46.1 Å². The standard InChI is InChI=1S/C17H20N2O2/c1-11-6-7-12(17(20)18-2)10-15(11)19-14-4-3-5-16-13(14)8-9-21-16/h6-10,14,19H,3-5H2,1-2H3,(H,18,20). The van der Waals surface area contributed by atoms with Crippen molar-refractivity contribution in [1.29, 1.82) is 0 Å². The van der Waals surface area contributed by atoms with Gasteiger partial charge in [-0.2, -0.15) is 0 Å². The molecule has 0 radical (unpaired) electrons. The first-order chi connectivity index (χ1) is 10.2. The van der Waals surface area contributed by atoms with Gasteiger partial charge < -0.3 is 15.1 Å². The molecule has 2 N–H and O–H groups in total. The van der Waals surface area contributed by atoms with Crippen LogP contribution in [0.2, 0.25) is 0 Å². The van der Waals surface area contributed by atoms with Crippen LogP contribution in [0.25, 0.3) is 0 Å². The van der Waals surface area contributed by atoms with Crippen molar-refractivity contribution in [3.8, 4) is 0 Å². The molecule has 0 aliphatic heterocycles. The first kappa shape index (κ1) is 13.7. The number of benzene rings is 1. The summed E-state index contributed by atoms with van der Waals surface area (Å²) in [6.45, 7) is 2.05. The molecule has 0 fully saturated rings. The molecule has 1 amide bonds. The van der Waals surface area contributed by atoms with Gasteiger partial charge in [0.05, 0.1) is 12.3 Å². The van der Waals surface area contributed by atoms with Crippen molar-refractivity contribution in [3.63, 3.8) is 0 Å². The Balaban J connectivity index is 1.87. The zero-order valence-electron chi connectivity index (χ0n) is 12.4. The fraction of sp³-hybridized carbons (Fsp3) is 0.353. The molecule has 4 heteroatoms. The van der Waals surface area contributed by atoms with E-state index in [9.17, 15) is 4.79 Å². The highest BCUT2D eigenvalue weighted by atomic mass is 16.3. The van der Waals surface area contributed by atoms with Crippen LogP contribution < -0.4 is 10.6 Å². The van der Waals surface area contributed by atoms with Gasteiger partial charge in [-0.1, -0.05) is 6.07 Å². The van der Waals surface area contributed by atoms with Gasteiger partial charge in [-0.05, 0) is 43.5 Å². The van der Waals surface area contributed by atoms with Gasteiger partial charge in [-0.25, -0.2) is 0 Å². The van der Waals surface area contributed by atoms with E-state index < -0.39 is 0 Å². The van der Waals surface area contributed by atoms with Crippen LogP contribution in [0.4, 0.5) is 5.69 Å². The third-order valence-electron chi connectivity index (χ3n) is 4.11. The van der Waals surface area contributed by atoms with Gasteiger partial charge in [-0.15, -0.1) is 0 Å². The second-order valence-corrected chi connectivity index (χ2v) is 5.50. The van der Waals surface area contributed by atoms with Gasteiger partial charge in [-0.3, -0.25) is 4.79 Å². The SMILES string of the molecule is CNC(=O)c1ccc(C)c(NC2CCCc3occc32)c1. The molecule has 2 aromatic rings. The Labute approximate surface area is 124 Å². The minimum Gasteiger partial charge on any atom is -0.469 e. The summed E-state index contributed by atoms with van der Waals surface area (Å²) in [7, 11) is 1.65. The maximum atomic E-state index is 11.8. The smallest absolute Gasteiger partial charge is 0.251 e. The summed E-state index contributed by atoms with van der Waals surface area (Å²) in [5.74, 6) is 1.02. The molecular formula is C17H20N2O2. The first-order valence-corrected chi connectivity index (χ1v) is 7.34. The zero-order valence-corrected chi connectivity index (χ0v) is 12.4. The van der Waals surface area contributed by atoms with Gasteiger partial charge in [0.25, 0.3) is 5.91 Å². The first-order valence-electron chi connectivity index (χ1n) is 7.34. The van der Waals surface area contributed by atoms with E-state index in [-0.39, 0.29) is 11.9 Å². The average Bonchev–Trinajstić information content (AvgIpc) is 2.98. The summed E-state index contributed by atoms with van der Waals surface area (Å²) < 4.78 is 5.53. The molecular weight excluding hydrogens is 264 g/mol. The van der Waals surface area contributed by atoms with Crippen molar-refractivity contribution in [2.24, 2.45) is 0 Å². The predicted molar refractivity (Wildman–Crippen MR) is 82.6 cm³/mol. The molecule has 1 heterocycles. The normalized spacial score (nSPS) is 17.1. The van der Waals surface area contributed by atoms with Crippen molar-refractivity contribution < 1.29 is 9.21 Å².